The maximum atomic E-state index is 11.1. The van der Waals surface area contributed by atoms with E-state index in [1.54, 1.807) is 0 Å². The summed E-state index contributed by atoms with van der Waals surface area (Å²) in [5.41, 5.74) is 0. The van der Waals surface area contributed by atoms with Crippen LogP contribution in [0.25, 0.3) is 0 Å². The smallest absolute Gasteiger partial charge is 0.859 e. The third-order valence-electron chi connectivity index (χ3n) is 0.900. The van der Waals surface area contributed by atoms with E-state index in [1.807, 2.05) is 13.1 Å². The summed E-state index contributed by atoms with van der Waals surface area (Å²) in [6.07, 6.45) is 0. The number of hydrogen-bond acceptors (Lipinski definition) is 1. The van der Waals surface area contributed by atoms with Crippen LogP contribution in [0.5, 0.6) is 0 Å². The van der Waals surface area contributed by atoms with Crippen LogP contribution in [0.2, 0.25) is 19.1 Å². The molecule has 0 unspecified atom stereocenters. The SMILES string of the molecule is CC(C)C[Si](C)(C)[O-].[Li+]. The molecule has 0 aromatic heterocycles. The zero-order valence-electron chi connectivity index (χ0n) is 7.19. The van der Waals surface area contributed by atoms with Crippen molar-refractivity contribution >= 4 is 8.32 Å². The van der Waals surface area contributed by atoms with Gasteiger partial charge in [-0.3, -0.25) is 0 Å². The van der Waals surface area contributed by atoms with E-state index >= 15 is 0 Å². The van der Waals surface area contributed by atoms with Gasteiger partial charge in [0.25, 0.3) is 0 Å². The van der Waals surface area contributed by atoms with Crippen LogP contribution in [-0.4, -0.2) is 8.32 Å². The Kier molecular flexibility index (Phi) is 6.32. The molecular formula is C6H15LiOSi. The Morgan fingerprint density at radius 2 is 1.67 bits per heavy atom. The van der Waals surface area contributed by atoms with Crippen molar-refractivity contribution in [3.63, 3.8) is 0 Å². The van der Waals surface area contributed by atoms with Crippen LogP contribution in [0.4, 0.5) is 0 Å². The average molecular weight is 138 g/mol. The second kappa shape index (κ2) is 4.57. The summed E-state index contributed by atoms with van der Waals surface area (Å²) in [4.78, 5) is 11.1. The first kappa shape index (κ1) is 12.5. The van der Waals surface area contributed by atoms with Crippen molar-refractivity contribution in [1.29, 1.82) is 0 Å². The van der Waals surface area contributed by atoms with Crippen molar-refractivity contribution in [3.8, 4) is 0 Å². The van der Waals surface area contributed by atoms with Crippen molar-refractivity contribution in [1.82, 2.24) is 0 Å². The monoisotopic (exact) mass is 138 g/mol. The molecule has 0 aliphatic rings. The van der Waals surface area contributed by atoms with Crippen molar-refractivity contribution in [2.45, 2.75) is 33.0 Å². The van der Waals surface area contributed by atoms with Gasteiger partial charge in [0, 0.05) is 0 Å². The minimum atomic E-state index is -1.97. The van der Waals surface area contributed by atoms with Crippen LogP contribution in [0, 0.1) is 5.92 Å². The van der Waals surface area contributed by atoms with E-state index in [9.17, 15) is 4.80 Å². The average Bonchev–Trinajstić information content (AvgIpc) is 1.21. The number of rotatable bonds is 2. The number of hydrogen-bond donors (Lipinski definition) is 0. The molecule has 0 heterocycles. The van der Waals surface area contributed by atoms with Crippen LogP contribution in [-0.2, 0) is 0 Å². The predicted octanol–water partition coefficient (Wildman–Crippen LogP) is -1.79. The molecule has 0 atom stereocenters. The molecule has 0 aromatic carbocycles. The van der Waals surface area contributed by atoms with Crippen molar-refractivity contribution in [3.05, 3.63) is 0 Å². The van der Waals surface area contributed by atoms with Gasteiger partial charge in [-0.2, -0.15) is 0 Å². The topological polar surface area (TPSA) is 23.1 Å². The molecule has 9 heavy (non-hydrogen) atoms. The van der Waals surface area contributed by atoms with E-state index in [0.717, 1.165) is 6.04 Å². The van der Waals surface area contributed by atoms with E-state index < -0.39 is 8.32 Å². The molecular weight excluding hydrogens is 123 g/mol. The molecule has 0 saturated heterocycles. The summed E-state index contributed by atoms with van der Waals surface area (Å²) < 4.78 is 0. The molecule has 0 radical (unpaired) electrons. The molecule has 0 rings (SSSR count). The van der Waals surface area contributed by atoms with Crippen LogP contribution < -0.4 is 23.7 Å². The molecule has 0 N–H and O–H groups in total. The van der Waals surface area contributed by atoms with E-state index in [-0.39, 0.29) is 18.9 Å². The maximum Gasteiger partial charge on any atom is 1.00 e. The van der Waals surface area contributed by atoms with Gasteiger partial charge in [0.2, 0.25) is 0 Å². The first-order valence-electron chi connectivity index (χ1n) is 3.12. The van der Waals surface area contributed by atoms with Crippen LogP contribution in [0.1, 0.15) is 13.8 Å². The second-order valence-corrected chi connectivity index (χ2v) is 7.29. The summed E-state index contributed by atoms with van der Waals surface area (Å²) in [6.45, 7) is 7.94. The van der Waals surface area contributed by atoms with Crippen LogP contribution in [0.3, 0.4) is 0 Å². The maximum absolute atomic E-state index is 11.1. The van der Waals surface area contributed by atoms with Crippen molar-refractivity contribution < 1.29 is 23.7 Å². The minimum Gasteiger partial charge on any atom is -0.859 e. The third kappa shape index (κ3) is 12.1. The molecule has 0 spiro atoms. The van der Waals surface area contributed by atoms with E-state index in [1.165, 1.54) is 0 Å². The first-order valence-corrected chi connectivity index (χ1v) is 6.24. The zero-order chi connectivity index (χ0) is 6.78. The second-order valence-electron chi connectivity index (χ2n) is 3.36. The molecule has 50 valence electrons. The largest absolute Gasteiger partial charge is 1.00 e. The van der Waals surface area contributed by atoms with Gasteiger partial charge in [-0.25, -0.2) is 0 Å². The molecule has 3 heteroatoms. The fourth-order valence-corrected chi connectivity index (χ4v) is 2.95. The van der Waals surface area contributed by atoms with Crippen molar-refractivity contribution in [2.75, 3.05) is 0 Å². The zero-order valence-corrected chi connectivity index (χ0v) is 8.19. The summed E-state index contributed by atoms with van der Waals surface area (Å²) in [6, 6.07) is 0.910. The third-order valence-corrected chi connectivity index (χ3v) is 2.70. The molecule has 0 aliphatic heterocycles. The Labute approximate surface area is 71.2 Å². The van der Waals surface area contributed by atoms with Gasteiger partial charge in [-0.1, -0.05) is 47.2 Å². The minimum absolute atomic E-state index is 0. The summed E-state index contributed by atoms with van der Waals surface area (Å²) in [5, 5.41) is 0. The fourth-order valence-electron chi connectivity index (χ4n) is 0.983. The first-order chi connectivity index (χ1) is 3.42. The van der Waals surface area contributed by atoms with Gasteiger partial charge in [-0.05, 0) is 0 Å². The van der Waals surface area contributed by atoms with Crippen LogP contribution in [0.15, 0.2) is 0 Å². The fraction of sp³-hybridized carbons (Fsp3) is 1.00. The molecule has 0 fully saturated rings. The Morgan fingerprint density at radius 3 is 1.67 bits per heavy atom. The Balaban J connectivity index is 0. The molecule has 0 amide bonds. The molecule has 1 nitrogen and oxygen atoms in total. The van der Waals surface area contributed by atoms with E-state index in [4.69, 9.17) is 0 Å². The Morgan fingerprint density at radius 1 is 1.33 bits per heavy atom. The Bertz CT molecular complexity index is 67.9. The van der Waals surface area contributed by atoms with E-state index in [0.29, 0.717) is 5.92 Å². The predicted molar refractivity (Wildman–Crippen MR) is 37.1 cm³/mol. The van der Waals surface area contributed by atoms with Gasteiger partial charge in [-0.15, -0.1) is 0 Å². The van der Waals surface area contributed by atoms with Crippen LogP contribution >= 0.6 is 0 Å². The summed E-state index contributed by atoms with van der Waals surface area (Å²) in [7, 11) is -1.97. The summed E-state index contributed by atoms with van der Waals surface area (Å²) >= 11 is 0. The molecule has 0 aliphatic carbocycles. The Hall–Kier alpha value is 0.774. The quantitative estimate of drug-likeness (QED) is 0.413. The van der Waals surface area contributed by atoms with Gasteiger partial charge < -0.3 is 4.80 Å². The molecule has 0 aromatic rings. The van der Waals surface area contributed by atoms with Gasteiger partial charge in [0.15, 0.2) is 0 Å². The van der Waals surface area contributed by atoms with Gasteiger partial charge >= 0.3 is 18.9 Å². The normalized spacial score (nSPS) is 11.3. The standard InChI is InChI=1S/C6H15OSi.Li/c1-6(2)5-8(3,4)7;/h6H,5H2,1-4H3;/q-1;+1. The van der Waals surface area contributed by atoms with Gasteiger partial charge in [0.05, 0.1) is 0 Å². The van der Waals surface area contributed by atoms with Gasteiger partial charge in [0.1, 0.15) is 0 Å². The molecule has 0 saturated carbocycles. The molecule has 0 bridgehead atoms. The van der Waals surface area contributed by atoms with Crippen molar-refractivity contribution in [2.24, 2.45) is 5.92 Å². The van der Waals surface area contributed by atoms with E-state index in [2.05, 4.69) is 13.8 Å². The summed E-state index contributed by atoms with van der Waals surface area (Å²) in [5.74, 6) is 0.592.